The van der Waals surface area contributed by atoms with Crippen molar-refractivity contribution in [2.75, 3.05) is 0 Å². The molecule has 11 heteroatoms. The molecule has 0 bridgehead atoms. The number of aryl methyl sites for hydroxylation is 2. The van der Waals surface area contributed by atoms with Crippen molar-refractivity contribution in [3.05, 3.63) is 82.9 Å². The number of carbonyl (C=O) groups is 1. The molecular formula is C26H23F3N6O2. The molecule has 0 spiro atoms. The van der Waals surface area contributed by atoms with Gasteiger partial charge < -0.3 is 9.72 Å². The number of alkyl halides is 3. The second-order valence-corrected chi connectivity index (χ2v) is 8.94. The van der Waals surface area contributed by atoms with E-state index in [-0.39, 0.29) is 0 Å². The zero-order chi connectivity index (χ0) is 26.5. The largest absolute Gasteiger partial charge is 0.408 e. The molecular weight excluding hydrogens is 485 g/mol. The summed E-state index contributed by atoms with van der Waals surface area (Å²) >= 11 is 0. The van der Waals surface area contributed by atoms with E-state index >= 15 is 0 Å². The molecule has 37 heavy (non-hydrogen) atoms. The topological polar surface area (TPSA) is 86.2 Å². The van der Waals surface area contributed by atoms with Crippen molar-refractivity contribution in [3.8, 4) is 16.9 Å². The minimum Gasteiger partial charge on any atom is -0.343 e. The second-order valence-electron chi connectivity index (χ2n) is 8.94. The molecule has 0 aliphatic rings. The molecule has 2 aromatic carbocycles. The van der Waals surface area contributed by atoms with Crippen LogP contribution in [0, 0.1) is 13.8 Å². The van der Waals surface area contributed by atoms with Crippen LogP contribution in [0.15, 0.2) is 66.1 Å². The Morgan fingerprint density at radius 1 is 1.11 bits per heavy atom. The molecule has 5 rings (SSSR count). The Kier molecular flexibility index (Phi) is 5.85. The van der Waals surface area contributed by atoms with Gasteiger partial charge in [-0.2, -0.15) is 13.2 Å². The van der Waals surface area contributed by atoms with Crippen LogP contribution in [-0.4, -0.2) is 41.6 Å². The van der Waals surface area contributed by atoms with Crippen molar-refractivity contribution in [3.63, 3.8) is 0 Å². The van der Waals surface area contributed by atoms with Crippen LogP contribution in [0.1, 0.15) is 18.1 Å². The van der Waals surface area contributed by atoms with Gasteiger partial charge in [0, 0.05) is 18.0 Å². The number of nitrogens with zero attached hydrogens (tertiary/aromatic N) is 5. The fourth-order valence-electron chi connectivity index (χ4n) is 4.49. The van der Waals surface area contributed by atoms with E-state index < -0.39 is 30.4 Å². The average Bonchev–Trinajstić information content (AvgIpc) is 3.42. The molecule has 1 unspecified atom stereocenters. The maximum atomic E-state index is 13.6. The van der Waals surface area contributed by atoms with E-state index in [0.717, 1.165) is 34.8 Å². The van der Waals surface area contributed by atoms with Crippen LogP contribution in [0.5, 0.6) is 0 Å². The summed E-state index contributed by atoms with van der Waals surface area (Å²) in [7, 11) is 0. The summed E-state index contributed by atoms with van der Waals surface area (Å²) < 4.78 is 43.3. The van der Waals surface area contributed by atoms with Crippen molar-refractivity contribution in [2.45, 2.75) is 39.5 Å². The summed E-state index contributed by atoms with van der Waals surface area (Å²) in [6.45, 7) is 4.01. The van der Waals surface area contributed by atoms with Crippen molar-refractivity contribution < 1.29 is 18.0 Å². The predicted molar refractivity (Wildman–Crippen MR) is 133 cm³/mol. The molecule has 8 nitrogen and oxygen atoms in total. The molecule has 0 saturated heterocycles. The highest BCUT2D eigenvalue weighted by Gasteiger charge is 2.37. The third-order valence-electron chi connectivity index (χ3n) is 6.37. The highest BCUT2D eigenvalue weighted by atomic mass is 19.4. The van der Waals surface area contributed by atoms with Crippen LogP contribution in [-0.2, 0) is 11.3 Å². The second kappa shape index (κ2) is 8.91. The van der Waals surface area contributed by atoms with Crippen LogP contribution >= 0.6 is 0 Å². The van der Waals surface area contributed by atoms with Crippen molar-refractivity contribution in [2.24, 2.45) is 0 Å². The minimum absolute atomic E-state index is 0.453. The Labute approximate surface area is 209 Å². The van der Waals surface area contributed by atoms with Crippen LogP contribution in [0.25, 0.3) is 33.5 Å². The van der Waals surface area contributed by atoms with Gasteiger partial charge in [0.25, 0.3) is 0 Å². The highest BCUT2D eigenvalue weighted by Crippen LogP contribution is 2.28. The number of amides is 1. The fourth-order valence-corrected chi connectivity index (χ4v) is 4.49. The summed E-state index contributed by atoms with van der Waals surface area (Å²) in [6, 6.07) is 8.78. The van der Waals surface area contributed by atoms with Gasteiger partial charge in [0.15, 0.2) is 0 Å². The van der Waals surface area contributed by atoms with Gasteiger partial charge in [-0.3, -0.25) is 18.9 Å². The molecule has 5 aromatic rings. The maximum absolute atomic E-state index is 13.6. The number of carbonyl (C=O) groups excluding carboxylic acids is 1. The first-order chi connectivity index (χ1) is 17.6. The van der Waals surface area contributed by atoms with Crippen molar-refractivity contribution in [1.29, 1.82) is 0 Å². The zero-order valence-electron chi connectivity index (χ0n) is 20.2. The third-order valence-corrected chi connectivity index (χ3v) is 6.37. The Bertz CT molecular complexity index is 1710. The number of nitrogens with one attached hydrogen (secondary N) is 1. The first-order valence-corrected chi connectivity index (χ1v) is 11.5. The number of aromatic nitrogens is 5. The lowest BCUT2D eigenvalue weighted by Gasteiger charge is -2.17. The monoisotopic (exact) mass is 508 g/mol. The maximum Gasteiger partial charge on any atom is 0.408 e. The molecule has 0 radical (unpaired) electrons. The van der Waals surface area contributed by atoms with Gasteiger partial charge in [0.2, 0.25) is 5.91 Å². The lowest BCUT2D eigenvalue weighted by atomic mass is 10.1. The molecule has 1 amide bonds. The molecule has 3 heterocycles. The quantitative estimate of drug-likeness (QED) is 0.386. The number of halogens is 3. The van der Waals surface area contributed by atoms with E-state index in [9.17, 15) is 22.8 Å². The summed E-state index contributed by atoms with van der Waals surface area (Å²) in [5.74, 6) is -0.903. The molecule has 190 valence electrons. The Balaban J connectivity index is 1.60. The van der Waals surface area contributed by atoms with Crippen LogP contribution in [0.3, 0.4) is 0 Å². The Morgan fingerprint density at radius 2 is 1.89 bits per heavy atom. The summed E-state index contributed by atoms with van der Waals surface area (Å²) in [6.07, 6.45) is 2.30. The van der Waals surface area contributed by atoms with Gasteiger partial charge >= 0.3 is 11.9 Å². The van der Waals surface area contributed by atoms with Gasteiger partial charge in [-0.05, 0) is 50.1 Å². The van der Waals surface area contributed by atoms with Gasteiger partial charge in [0.1, 0.15) is 12.6 Å². The van der Waals surface area contributed by atoms with Crippen LogP contribution in [0.4, 0.5) is 13.2 Å². The number of benzene rings is 2. The average molecular weight is 509 g/mol. The van der Waals surface area contributed by atoms with E-state index in [2.05, 4.69) is 9.97 Å². The van der Waals surface area contributed by atoms with Crippen molar-refractivity contribution in [1.82, 2.24) is 28.8 Å². The molecule has 0 fully saturated rings. The number of rotatable bonds is 5. The third kappa shape index (κ3) is 4.26. The Morgan fingerprint density at radius 3 is 2.62 bits per heavy atom. The van der Waals surface area contributed by atoms with Crippen molar-refractivity contribution >= 4 is 22.5 Å². The van der Waals surface area contributed by atoms with Gasteiger partial charge in [0.05, 0.1) is 40.5 Å². The summed E-state index contributed by atoms with van der Waals surface area (Å²) in [5.41, 5.74) is 5.06. The van der Waals surface area contributed by atoms with E-state index in [1.54, 1.807) is 43.1 Å². The van der Waals surface area contributed by atoms with Crippen LogP contribution in [0.2, 0.25) is 0 Å². The van der Waals surface area contributed by atoms with E-state index in [1.165, 1.54) is 9.13 Å². The lowest BCUT2D eigenvalue weighted by molar-refractivity contribution is -0.158. The van der Waals surface area contributed by atoms with E-state index in [1.807, 2.05) is 41.8 Å². The molecule has 3 aromatic heterocycles. The molecule has 0 aliphatic heterocycles. The normalized spacial score (nSPS) is 12.8. The van der Waals surface area contributed by atoms with E-state index in [0.29, 0.717) is 16.7 Å². The van der Waals surface area contributed by atoms with Crippen LogP contribution < -0.4 is 11.0 Å². The van der Waals surface area contributed by atoms with Gasteiger partial charge in [-0.15, -0.1) is 0 Å². The smallest absolute Gasteiger partial charge is 0.343 e. The Hall–Kier alpha value is -4.41. The zero-order valence-corrected chi connectivity index (χ0v) is 20.2. The first kappa shape index (κ1) is 24.3. The fraction of sp³-hybridized carbons (Fsp3) is 0.231. The highest BCUT2D eigenvalue weighted by molar-refractivity contribution is 5.85. The number of para-hydroxylation sites is 1. The molecule has 1 atom stereocenters. The lowest BCUT2D eigenvalue weighted by Crippen LogP contribution is -2.45. The summed E-state index contributed by atoms with van der Waals surface area (Å²) in [4.78, 5) is 34.7. The number of hydrogen-bond donors (Lipinski definition) is 1. The first-order valence-electron chi connectivity index (χ1n) is 11.5. The van der Waals surface area contributed by atoms with Gasteiger partial charge in [-0.1, -0.05) is 18.2 Å². The number of hydrogen-bond acceptors (Lipinski definition) is 4. The molecule has 0 aliphatic carbocycles. The number of imidazole rings is 2. The predicted octanol–water partition coefficient (Wildman–Crippen LogP) is 4.19. The molecule has 0 saturated carbocycles. The van der Waals surface area contributed by atoms with Gasteiger partial charge in [-0.25, -0.2) is 9.78 Å². The van der Waals surface area contributed by atoms with E-state index in [4.69, 9.17) is 0 Å². The molecule has 1 N–H and O–H groups in total. The standard InChI is InChI=1S/C26H23F3N6O2/c1-15-5-4-6-20-24(15)35(25(37)34(20)13-22(36)32-17(3)26(27,28)29)19-8-7-18(11-16(19)2)23-21-12-30-14-33(21)10-9-31-23/h4-12,14,17H,13H2,1-3H3,(H,32,36). The minimum atomic E-state index is -4.58. The number of fused-ring (bicyclic) bond motifs is 2. The summed E-state index contributed by atoms with van der Waals surface area (Å²) in [5, 5.41) is 1.93. The SMILES string of the molecule is Cc1cc(-c2nccn3cncc23)ccc1-n1c(=O)n(CC(=O)NC(C)C(F)(F)F)c2cccc(C)c21.